The fourth-order valence-corrected chi connectivity index (χ4v) is 4.47. The molecule has 5 rings (SSSR count). The first-order chi connectivity index (χ1) is 14.1. The molecular weight excluding hydrogens is 384 g/mol. The van der Waals surface area contributed by atoms with Gasteiger partial charge in [0, 0.05) is 5.02 Å². The lowest BCUT2D eigenvalue weighted by atomic mass is 9.59. The molecule has 1 saturated carbocycles. The molecular formula is C24H17ClN2O2. The second-order valence-electron chi connectivity index (χ2n) is 7.30. The molecule has 0 unspecified atom stereocenters. The van der Waals surface area contributed by atoms with Gasteiger partial charge in [-0.05, 0) is 48.2 Å². The number of amides is 2. The van der Waals surface area contributed by atoms with Gasteiger partial charge in [-0.15, -0.1) is 0 Å². The number of imide groups is 1. The van der Waals surface area contributed by atoms with E-state index in [1.54, 1.807) is 24.3 Å². The first-order valence-corrected chi connectivity index (χ1v) is 9.86. The molecule has 4 nitrogen and oxygen atoms in total. The van der Waals surface area contributed by atoms with E-state index in [0.717, 1.165) is 28.3 Å². The molecule has 2 amide bonds. The van der Waals surface area contributed by atoms with Gasteiger partial charge < -0.3 is 0 Å². The van der Waals surface area contributed by atoms with Crippen LogP contribution >= 0.6 is 11.6 Å². The predicted octanol–water partition coefficient (Wildman–Crippen LogP) is 5.07. The third kappa shape index (κ3) is 2.64. The van der Waals surface area contributed by atoms with Gasteiger partial charge in [0.05, 0.1) is 22.3 Å². The van der Waals surface area contributed by atoms with Crippen molar-refractivity contribution in [3.63, 3.8) is 0 Å². The van der Waals surface area contributed by atoms with Crippen LogP contribution in [0.25, 0.3) is 0 Å². The third-order valence-electron chi connectivity index (χ3n) is 5.81. The first kappa shape index (κ1) is 17.8. The van der Waals surface area contributed by atoms with Gasteiger partial charge in [0.1, 0.15) is 0 Å². The molecule has 2 aliphatic rings. The maximum absolute atomic E-state index is 12.8. The largest absolute Gasteiger partial charge is 0.282 e. The number of benzene rings is 3. The number of carbonyl (C=O) groups excluding carboxylic acids is 2. The van der Waals surface area contributed by atoms with Crippen molar-refractivity contribution in [3.8, 4) is 0 Å². The molecule has 1 aliphatic carbocycles. The van der Waals surface area contributed by atoms with Crippen LogP contribution in [0.4, 0.5) is 0 Å². The first-order valence-electron chi connectivity index (χ1n) is 9.48. The Kier molecular flexibility index (Phi) is 4.10. The zero-order valence-electron chi connectivity index (χ0n) is 15.5. The van der Waals surface area contributed by atoms with E-state index in [4.69, 9.17) is 11.6 Å². The highest BCUT2D eigenvalue weighted by Gasteiger charge is 2.48. The molecule has 5 heteroatoms. The summed E-state index contributed by atoms with van der Waals surface area (Å²) in [7, 11) is 0. The number of hydrogen-bond acceptors (Lipinski definition) is 3. The summed E-state index contributed by atoms with van der Waals surface area (Å²) in [6, 6.07) is 24.6. The fourth-order valence-electron chi connectivity index (χ4n) is 4.28. The monoisotopic (exact) mass is 400 g/mol. The van der Waals surface area contributed by atoms with Gasteiger partial charge in [-0.2, -0.15) is 10.1 Å². The highest BCUT2D eigenvalue weighted by Crippen LogP contribution is 2.48. The normalized spacial score (nSPS) is 22.0. The van der Waals surface area contributed by atoms with Crippen LogP contribution in [0.15, 0.2) is 84.0 Å². The lowest BCUT2D eigenvalue weighted by molar-refractivity contribution is 0.0656. The van der Waals surface area contributed by atoms with Crippen LogP contribution < -0.4 is 0 Å². The number of carbonyl (C=O) groups is 2. The molecule has 3 aromatic rings. The summed E-state index contributed by atoms with van der Waals surface area (Å²) in [6.07, 6.45) is 1.54. The van der Waals surface area contributed by atoms with Gasteiger partial charge in [-0.1, -0.05) is 66.2 Å². The van der Waals surface area contributed by atoms with Gasteiger partial charge in [-0.25, -0.2) is 0 Å². The number of hydrogen-bond donors (Lipinski definition) is 0. The number of rotatable bonds is 3. The SMILES string of the molecule is O=C1c2ccccc2C(=O)N1/N=C1\CC[C@@]1(c1ccccc1)c1cccc(Cl)c1. The molecule has 0 aromatic heterocycles. The number of hydrazone groups is 1. The van der Waals surface area contributed by atoms with Crippen molar-refractivity contribution in [1.82, 2.24) is 5.01 Å². The zero-order valence-corrected chi connectivity index (χ0v) is 16.3. The molecule has 0 radical (unpaired) electrons. The maximum Gasteiger partial charge on any atom is 0.282 e. The van der Waals surface area contributed by atoms with E-state index in [0.29, 0.717) is 22.6 Å². The standard InChI is InChI=1S/C24H17ClN2O2/c25-18-10-6-9-17(15-18)24(16-7-2-1-3-8-16)14-13-21(24)26-27-22(28)19-11-4-5-12-20(19)23(27)29/h1-12,15H,13-14H2/b26-21+/t24-/m1/s1. The van der Waals surface area contributed by atoms with Crippen molar-refractivity contribution in [2.75, 3.05) is 0 Å². The highest BCUT2D eigenvalue weighted by molar-refractivity contribution is 6.30. The second kappa shape index (κ2) is 6.68. The van der Waals surface area contributed by atoms with E-state index in [-0.39, 0.29) is 11.8 Å². The molecule has 29 heavy (non-hydrogen) atoms. The number of halogens is 1. The minimum atomic E-state index is -0.499. The van der Waals surface area contributed by atoms with Gasteiger partial charge in [0.15, 0.2) is 0 Å². The molecule has 1 heterocycles. The van der Waals surface area contributed by atoms with E-state index in [1.807, 2.05) is 42.5 Å². The van der Waals surface area contributed by atoms with Crippen molar-refractivity contribution in [1.29, 1.82) is 0 Å². The summed E-state index contributed by atoms with van der Waals surface area (Å²) in [5, 5.41) is 6.26. The van der Waals surface area contributed by atoms with Gasteiger partial charge >= 0.3 is 0 Å². The second-order valence-corrected chi connectivity index (χ2v) is 7.73. The van der Waals surface area contributed by atoms with E-state index in [1.165, 1.54) is 0 Å². The van der Waals surface area contributed by atoms with Crippen LogP contribution in [0.3, 0.4) is 0 Å². The minimum Gasteiger partial charge on any atom is -0.267 e. The summed E-state index contributed by atoms with van der Waals surface area (Å²) in [5.74, 6) is -0.754. The molecule has 0 bridgehead atoms. The molecule has 1 fully saturated rings. The van der Waals surface area contributed by atoms with Crippen LogP contribution in [-0.2, 0) is 5.41 Å². The summed E-state index contributed by atoms with van der Waals surface area (Å²) in [5.41, 5.74) is 3.17. The number of nitrogens with zero attached hydrogens (tertiary/aromatic N) is 2. The Morgan fingerprint density at radius 3 is 2.00 bits per heavy atom. The summed E-state index contributed by atoms with van der Waals surface area (Å²) in [4.78, 5) is 25.6. The van der Waals surface area contributed by atoms with Crippen LogP contribution in [0.2, 0.25) is 5.02 Å². The zero-order chi connectivity index (χ0) is 20.0. The van der Waals surface area contributed by atoms with Gasteiger partial charge in [-0.3, -0.25) is 9.59 Å². The quantitative estimate of drug-likeness (QED) is 0.576. The molecule has 142 valence electrons. The Morgan fingerprint density at radius 1 is 0.793 bits per heavy atom. The molecule has 1 atom stereocenters. The minimum absolute atomic E-state index is 0.377. The average Bonchev–Trinajstić information content (AvgIpc) is 2.97. The molecule has 0 saturated heterocycles. The van der Waals surface area contributed by atoms with Crippen LogP contribution in [0.1, 0.15) is 44.7 Å². The lowest BCUT2D eigenvalue weighted by Gasteiger charge is -2.44. The van der Waals surface area contributed by atoms with E-state index in [9.17, 15) is 9.59 Å². The summed E-state index contributed by atoms with van der Waals surface area (Å²) in [6.45, 7) is 0. The van der Waals surface area contributed by atoms with E-state index >= 15 is 0 Å². The molecule has 1 aliphatic heterocycles. The smallest absolute Gasteiger partial charge is 0.267 e. The van der Waals surface area contributed by atoms with Crippen LogP contribution in [-0.4, -0.2) is 22.5 Å². The number of fused-ring (bicyclic) bond motifs is 1. The third-order valence-corrected chi connectivity index (χ3v) is 6.04. The fraction of sp³-hybridized carbons (Fsp3) is 0.125. The summed E-state index contributed by atoms with van der Waals surface area (Å²) < 4.78 is 0. The predicted molar refractivity (Wildman–Crippen MR) is 112 cm³/mol. The topological polar surface area (TPSA) is 49.7 Å². The van der Waals surface area contributed by atoms with Crippen LogP contribution in [0.5, 0.6) is 0 Å². The highest BCUT2D eigenvalue weighted by atomic mass is 35.5. The maximum atomic E-state index is 12.8. The summed E-state index contributed by atoms with van der Waals surface area (Å²) >= 11 is 6.29. The van der Waals surface area contributed by atoms with E-state index in [2.05, 4.69) is 17.2 Å². The van der Waals surface area contributed by atoms with Crippen LogP contribution in [0, 0.1) is 0 Å². The Hall–Kier alpha value is -3.24. The van der Waals surface area contributed by atoms with Crippen molar-refractivity contribution in [2.45, 2.75) is 18.3 Å². The Morgan fingerprint density at radius 2 is 1.41 bits per heavy atom. The van der Waals surface area contributed by atoms with Crippen molar-refractivity contribution in [2.24, 2.45) is 5.10 Å². The Balaban J connectivity index is 1.64. The molecule has 0 N–H and O–H groups in total. The van der Waals surface area contributed by atoms with Crippen molar-refractivity contribution < 1.29 is 9.59 Å². The average molecular weight is 401 g/mol. The Labute approximate surface area is 173 Å². The van der Waals surface area contributed by atoms with Crippen molar-refractivity contribution in [3.05, 3.63) is 106 Å². The Bertz CT molecular complexity index is 1140. The lowest BCUT2D eigenvalue weighted by Crippen LogP contribution is -2.47. The van der Waals surface area contributed by atoms with E-state index < -0.39 is 5.41 Å². The van der Waals surface area contributed by atoms with Gasteiger partial charge in [0.25, 0.3) is 11.8 Å². The molecule has 3 aromatic carbocycles. The molecule has 0 spiro atoms. The van der Waals surface area contributed by atoms with Crippen molar-refractivity contribution >= 4 is 29.1 Å². The van der Waals surface area contributed by atoms with Gasteiger partial charge in [0.2, 0.25) is 0 Å².